The number of benzene rings is 1. The quantitative estimate of drug-likeness (QED) is 0.484. The first-order valence-corrected chi connectivity index (χ1v) is 6.15. The number of hydrogen-bond donors (Lipinski definition) is 2. The Bertz CT molecular complexity index is 484. The van der Waals surface area contributed by atoms with E-state index in [4.69, 9.17) is 0 Å². The van der Waals surface area contributed by atoms with Crippen LogP contribution < -0.4 is 10.2 Å². The van der Waals surface area contributed by atoms with Gasteiger partial charge in [0.05, 0.1) is 16.3 Å². The molecule has 0 aromatic heterocycles. The van der Waals surface area contributed by atoms with Crippen LogP contribution in [0.15, 0.2) is 12.1 Å². The summed E-state index contributed by atoms with van der Waals surface area (Å²) in [5, 5.41) is 23.5. The van der Waals surface area contributed by atoms with Crippen molar-refractivity contribution in [2.24, 2.45) is 0 Å². The molecule has 7 nitrogen and oxygen atoms in total. The molecule has 1 aliphatic heterocycles. The zero-order valence-electron chi connectivity index (χ0n) is 11.1. The predicted molar refractivity (Wildman–Crippen MR) is 74.0 cm³/mol. The standard InChI is InChI=1S/C12H18N4O3/c1-13-9-7-11(16(18)19)12(17)8-10(9)15-5-3-14(2)4-6-15/h7-8,13,17H,3-6H2,1-2H3. The second-order valence-electron chi connectivity index (χ2n) is 4.66. The topological polar surface area (TPSA) is 81.9 Å². The van der Waals surface area contributed by atoms with Crippen molar-refractivity contribution in [1.82, 2.24) is 4.90 Å². The van der Waals surface area contributed by atoms with Gasteiger partial charge < -0.3 is 20.2 Å². The number of nitro benzene ring substituents is 1. The van der Waals surface area contributed by atoms with Crippen LogP contribution in [0.1, 0.15) is 0 Å². The Labute approximate surface area is 111 Å². The molecule has 1 aliphatic rings. The Morgan fingerprint density at radius 2 is 1.95 bits per heavy atom. The van der Waals surface area contributed by atoms with Gasteiger partial charge in [0.2, 0.25) is 0 Å². The van der Waals surface area contributed by atoms with Crippen molar-refractivity contribution in [2.45, 2.75) is 0 Å². The first-order valence-electron chi connectivity index (χ1n) is 6.15. The number of aromatic hydroxyl groups is 1. The minimum absolute atomic E-state index is 0.276. The second-order valence-corrected chi connectivity index (χ2v) is 4.66. The van der Waals surface area contributed by atoms with Gasteiger partial charge in [-0.3, -0.25) is 10.1 Å². The second kappa shape index (κ2) is 5.31. The van der Waals surface area contributed by atoms with E-state index in [9.17, 15) is 15.2 Å². The summed E-state index contributed by atoms with van der Waals surface area (Å²) in [6, 6.07) is 2.85. The third kappa shape index (κ3) is 2.70. The molecule has 0 aliphatic carbocycles. The monoisotopic (exact) mass is 266 g/mol. The van der Waals surface area contributed by atoms with E-state index in [0.29, 0.717) is 5.69 Å². The highest BCUT2D eigenvalue weighted by Crippen LogP contribution is 2.37. The lowest BCUT2D eigenvalue weighted by Gasteiger charge is -2.35. The summed E-state index contributed by atoms with van der Waals surface area (Å²) < 4.78 is 0. The number of phenolic OH excluding ortho intramolecular Hbond substituents is 1. The number of hydrogen-bond acceptors (Lipinski definition) is 6. The number of nitrogens with one attached hydrogen (secondary N) is 1. The molecule has 19 heavy (non-hydrogen) atoms. The molecule has 0 atom stereocenters. The molecular formula is C12H18N4O3. The molecule has 1 heterocycles. The molecule has 2 rings (SSSR count). The van der Waals surface area contributed by atoms with Crippen LogP contribution in [-0.4, -0.2) is 55.2 Å². The number of anilines is 2. The number of likely N-dealkylation sites (N-methyl/N-ethyl adjacent to an activating group) is 1. The van der Waals surface area contributed by atoms with Crippen LogP contribution in [0.25, 0.3) is 0 Å². The number of piperazine rings is 1. The third-order valence-corrected chi connectivity index (χ3v) is 3.40. The van der Waals surface area contributed by atoms with Crippen LogP contribution in [-0.2, 0) is 0 Å². The van der Waals surface area contributed by atoms with Gasteiger partial charge in [-0.1, -0.05) is 0 Å². The van der Waals surface area contributed by atoms with Gasteiger partial charge in [0.15, 0.2) is 5.75 Å². The number of nitrogens with zero attached hydrogens (tertiary/aromatic N) is 3. The smallest absolute Gasteiger partial charge is 0.312 e. The van der Waals surface area contributed by atoms with Crippen molar-refractivity contribution in [1.29, 1.82) is 0 Å². The van der Waals surface area contributed by atoms with Gasteiger partial charge in [-0.15, -0.1) is 0 Å². The van der Waals surface area contributed by atoms with Gasteiger partial charge in [0, 0.05) is 45.4 Å². The highest BCUT2D eigenvalue weighted by molar-refractivity contribution is 5.76. The highest BCUT2D eigenvalue weighted by Gasteiger charge is 2.22. The van der Waals surface area contributed by atoms with Gasteiger partial charge in [-0.05, 0) is 7.05 Å². The zero-order valence-corrected chi connectivity index (χ0v) is 11.1. The van der Waals surface area contributed by atoms with Crippen LogP contribution in [0, 0.1) is 10.1 Å². The fraction of sp³-hybridized carbons (Fsp3) is 0.500. The lowest BCUT2D eigenvalue weighted by molar-refractivity contribution is -0.385. The fourth-order valence-corrected chi connectivity index (χ4v) is 2.22. The van der Waals surface area contributed by atoms with E-state index < -0.39 is 4.92 Å². The van der Waals surface area contributed by atoms with Crippen LogP contribution in [0.4, 0.5) is 17.1 Å². The number of nitro groups is 1. The number of phenols is 1. The van der Waals surface area contributed by atoms with E-state index in [2.05, 4.69) is 22.2 Å². The predicted octanol–water partition coefficient (Wildman–Crippen LogP) is 1.09. The molecule has 0 spiro atoms. The summed E-state index contributed by atoms with van der Waals surface area (Å²) in [7, 11) is 3.78. The first-order chi connectivity index (χ1) is 9.02. The largest absolute Gasteiger partial charge is 0.502 e. The summed E-state index contributed by atoms with van der Waals surface area (Å²) in [5.41, 5.74) is 1.19. The van der Waals surface area contributed by atoms with Gasteiger partial charge in [-0.25, -0.2) is 0 Å². The van der Waals surface area contributed by atoms with Gasteiger partial charge in [0.1, 0.15) is 0 Å². The third-order valence-electron chi connectivity index (χ3n) is 3.40. The van der Waals surface area contributed by atoms with Crippen molar-refractivity contribution < 1.29 is 10.0 Å². The maximum absolute atomic E-state index is 10.8. The van der Waals surface area contributed by atoms with E-state index in [1.54, 1.807) is 7.05 Å². The summed E-state index contributed by atoms with van der Waals surface area (Å²) >= 11 is 0. The Morgan fingerprint density at radius 3 is 2.47 bits per heavy atom. The number of rotatable bonds is 3. The van der Waals surface area contributed by atoms with Crippen molar-refractivity contribution in [3.63, 3.8) is 0 Å². The van der Waals surface area contributed by atoms with Crippen molar-refractivity contribution in [3.05, 3.63) is 22.2 Å². The van der Waals surface area contributed by atoms with Crippen molar-refractivity contribution in [3.8, 4) is 5.75 Å². The van der Waals surface area contributed by atoms with Crippen LogP contribution in [0.5, 0.6) is 5.75 Å². The van der Waals surface area contributed by atoms with Crippen molar-refractivity contribution in [2.75, 3.05) is 50.5 Å². The first kappa shape index (κ1) is 13.4. The molecule has 7 heteroatoms. The molecule has 0 amide bonds. The normalized spacial score (nSPS) is 16.4. The molecule has 1 fully saturated rings. The van der Waals surface area contributed by atoms with Crippen LogP contribution >= 0.6 is 0 Å². The Balaban J connectivity index is 2.34. The van der Waals surface area contributed by atoms with E-state index in [1.165, 1.54) is 12.1 Å². The van der Waals surface area contributed by atoms with Crippen molar-refractivity contribution >= 4 is 17.1 Å². The molecule has 0 bridgehead atoms. The van der Waals surface area contributed by atoms with E-state index in [0.717, 1.165) is 31.9 Å². The summed E-state index contributed by atoms with van der Waals surface area (Å²) in [6.45, 7) is 3.53. The average molecular weight is 266 g/mol. The van der Waals surface area contributed by atoms with Gasteiger partial charge >= 0.3 is 5.69 Å². The zero-order chi connectivity index (χ0) is 14.0. The van der Waals surface area contributed by atoms with E-state index in [1.807, 2.05) is 0 Å². The SMILES string of the molecule is CNc1cc([N+](=O)[O-])c(O)cc1N1CCN(C)CC1. The van der Waals surface area contributed by atoms with E-state index in [-0.39, 0.29) is 11.4 Å². The Kier molecular flexibility index (Phi) is 3.75. The average Bonchev–Trinajstić information content (AvgIpc) is 2.39. The minimum atomic E-state index is -0.579. The lowest BCUT2D eigenvalue weighted by Crippen LogP contribution is -2.44. The van der Waals surface area contributed by atoms with Crippen LogP contribution in [0.2, 0.25) is 0 Å². The maximum Gasteiger partial charge on any atom is 0.312 e. The molecule has 0 radical (unpaired) electrons. The molecule has 0 saturated carbocycles. The molecule has 2 N–H and O–H groups in total. The van der Waals surface area contributed by atoms with Crippen LogP contribution in [0.3, 0.4) is 0 Å². The van der Waals surface area contributed by atoms with E-state index >= 15 is 0 Å². The summed E-state index contributed by atoms with van der Waals surface area (Å²) in [4.78, 5) is 14.6. The highest BCUT2D eigenvalue weighted by atomic mass is 16.6. The molecule has 1 aromatic rings. The van der Waals surface area contributed by atoms with Gasteiger partial charge in [-0.2, -0.15) is 0 Å². The molecule has 1 saturated heterocycles. The summed E-state index contributed by atoms with van der Waals surface area (Å²) in [5.74, 6) is -0.294. The fourth-order valence-electron chi connectivity index (χ4n) is 2.22. The van der Waals surface area contributed by atoms with Gasteiger partial charge in [0.25, 0.3) is 0 Å². The lowest BCUT2D eigenvalue weighted by atomic mass is 10.2. The molecule has 104 valence electrons. The molecular weight excluding hydrogens is 248 g/mol. The minimum Gasteiger partial charge on any atom is -0.502 e. The Morgan fingerprint density at radius 1 is 1.32 bits per heavy atom. The Hall–Kier alpha value is -2.02. The summed E-state index contributed by atoms with van der Waals surface area (Å²) in [6.07, 6.45) is 0. The molecule has 1 aromatic carbocycles. The maximum atomic E-state index is 10.8. The molecule has 0 unspecified atom stereocenters.